The lowest BCUT2D eigenvalue weighted by atomic mass is 9.81. The topological polar surface area (TPSA) is 55.1 Å². The molecule has 1 amide bonds. The molecule has 0 spiro atoms. The highest BCUT2D eigenvalue weighted by Crippen LogP contribution is 2.32. The second-order valence-corrected chi connectivity index (χ2v) is 4.72. The van der Waals surface area contributed by atoms with E-state index in [4.69, 9.17) is 5.73 Å². The molecule has 0 aliphatic rings. The van der Waals surface area contributed by atoms with E-state index in [1.54, 1.807) is 0 Å². The summed E-state index contributed by atoms with van der Waals surface area (Å²) in [5, 5.41) is 2.53. The van der Waals surface area contributed by atoms with Gasteiger partial charge in [-0.3, -0.25) is 4.79 Å². The number of anilines is 1. The van der Waals surface area contributed by atoms with Gasteiger partial charge >= 0.3 is 6.18 Å². The molecule has 112 valence electrons. The normalized spacial score (nSPS) is 12.3. The van der Waals surface area contributed by atoms with Gasteiger partial charge in [-0.25, -0.2) is 0 Å². The van der Waals surface area contributed by atoms with Gasteiger partial charge in [0.05, 0.1) is 11.0 Å². The molecule has 20 heavy (non-hydrogen) atoms. The zero-order valence-corrected chi connectivity index (χ0v) is 11.6. The first-order chi connectivity index (χ1) is 9.29. The average Bonchev–Trinajstić information content (AvgIpc) is 2.41. The van der Waals surface area contributed by atoms with Crippen LogP contribution in [0.15, 0.2) is 24.3 Å². The van der Waals surface area contributed by atoms with Crippen LogP contribution in [-0.4, -0.2) is 12.5 Å². The molecule has 0 atom stereocenters. The van der Waals surface area contributed by atoms with Gasteiger partial charge in [0.15, 0.2) is 0 Å². The maximum Gasteiger partial charge on any atom is 0.416 e. The first-order valence-electron chi connectivity index (χ1n) is 6.48. The summed E-state index contributed by atoms with van der Waals surface area (Å²) in [6, 6.07) is 4.58. The summed E-state index contributed by atoms with van der Waals surface area (Å²) >= 11 is 0. The van der Waals surface area contributed by atoms with E-state index in [-0.39, 0.29) is 18.1 Å². The van der Waals surface area contributed by atoms with Crippen LogP contribution in [0.3, 0.4) is 0 Å². The van der Waals surface area contributed by atoms with E-state index in [9.17, 15) is 18.0 Å². The van der Waals surface area contributed by atoms with Gasteiger partial charge in [-0.15, -0.1) is 0 Å². The van der Waals surface area contributed by atoms with Crippen molar-refractivity contribution in [2.75, 3.05) is 11.9 Å². The smallest absolute Gasteiger partial charge is 0.329 e. The minimum absolute atomic E-state index is 0.129. The molecular weight excluding hydrogens is 269 g/mol. The Bertz CT molecular complexity index is 459. The summed E-state index contributed by atoms with van der Waals surface area (Å²) in [7, 11) is 0. The predicted molar refractivity (Wildman–Crippen MR) is 72.1 cm³/mol. The fraction of sp³-hybridized carbons (Fsp3) is 0.500. The number of amides is 1. The van der Waals surface area contributed by atoms with Crippen molar-refractivity contribution in [2.24, 2.45) is 11.1 Å². The van der Waals surface area contributed by atoms with Crippen LogP contribution in [0.4, 0.5) is 18.9 Å². The molecule has 1 rings (SSSR count). The van der Waals surface area contributed by atoms with Crippen LogP contribution in [-0.2, 0) is 11.0 Å². The highest BCUT2D eigenvalue weighted by molar-refractivity contribution is 5.95. The van der Waals surface area contributed by atoms with Crippen LogP contribution in [0.5, 0.6) is 0 Å². The van der Waals surface area contributed by atoms with Gasteiger partial charge in [-0.2, -0.15) is 13.2 Å². The molecule has 0 aliphatic carbocycles. The Morgan fingerprint density at radius 1 is 1.25 bits per heavy atom. The number of rotatable bonds is 5. The third-order valence-corrected chi connectivity index (χ3v) is 3.67. The fourth-order valence-corrected chi connectivity index (χ4v) is 1.99. The van der Waals surface area contributed by atoms with Gasteiger partial charge in [0, 0.05) is 12.2 Å². The molecule has 0 fully saturated rings. The molecule has 0 aromatic heterocycles. The van der Waals surface area contributed by atoms with Crippen molar-refractivity contribution in [3.63, 3.8) is 0 Å². The molecule has 0 saturated carbocycles. The highest BCUT2D eigenvalue weighted by atomic mass is 19.4. The minimum atomic E-state index is -4.43. The minimum Gasteiger partial charge on any atom is -0.329 e. The van der Waals surface area contributed by atoms with Crippen LogP contribution in [0.1, 0.15) is 32.3 Å². The Hall–Kier alpha value is -1.56. The Kier molecular flexibility index (Phi) is 5.16. The molecule has 0 radical (unpaired) electrons. The predicted octanol–water partition coefficient (Wildman–Crippen LogP) is 3.41. The maximum absolute atomic E-state index is 12.6. The van der Waals surface area contributed by atoms with Crippen molar-refractivity contribution in [3.05, 3.63) is 29.8 Å². The van der Waals surface area contributed by atoms with Gasteiger partial charge in [-0.1, -0.05) is 19.9 Å². The number of hydrogen-bond acceptors (Lipinski definition) is 2. The largest absolute Gasteiger partial charge is 0.416 e. The van der Waals surface area contributed by atoms with Crippen molar-refractivity contribution in [1.82, 2.24) is 0 Å². The van der Waals surface area contributed by atoms with E-state index in [1.807, 2.05) is 13.8 Å². The number of hydrogen-bond donors (Lipinski definition) is 2. The zero-order valence-electron chi connectivity index (χ0n) is 11.6. The summed E-state index contributed by atoms with van der Waals surface area (Å²) in [6.07, 6.45) is -3.36. The lowest BCUT2D eigenvalue weighted by molar-refractivity contribution is -0.137. The number of carbonyl (C=O) groups is 1. The van der Waals surface area contributed by atoms with E-state index in [0.29, 0.717) is 12.8 Å². The van der Waals surface area contributed by atoms with Crippen molar-refractivity contribution in [2.45, 2.75) is 32.9 Å². The Morgan fingerprint density at radius 3 is 2.30 bits per heavy atom. The number of nitrogens with two attached hydrogens (primary N) is 1. The summed E-state index contributed by atoms with van der Waals surface area (Å²) in [6.45, 7) is 3.83. The first-order valence-corrected chi connectivity index (χ1v) is 6.48. The van der Waals surface area contributed by atoms with Gasteiger partial charge in [0.2, 0.25) is 5.91 Å². The number of alkyl halides is 3. The second-order valence-electron chi connectivity index (χ2n) is 4.72. The fourth-order valence-electron chi connectivity index (χ4n) is 1.99. The van der Waals surface area contributed by atoms with Crippen LogP contribution >= 0.6 is 0 Å². The third-order valence-electron chi connectivity index (χ3n) is 3.67. The quantitative estimate of drug-likeness (QED) is 0.872. The Balaban J connectivity index is 2.96. The van der Waals surface area contributed by atoms with Gasteiger partial charge < -0.3 is 11.1 Å². The SMILES string of the molecule is CCC(CC)(CN)C(=O)Nc1cccc(C(F)(F)F)c1. The second kappa shape index (κ2) is 6.26. The monoisotopic (exact) mass is 288 g/mol. The average molecular weight is 288 g/mol. The van der Waals surface area contributed by atoms with Gasteiger partial charge in [-0.05, 0) is 31.0 Å². The highest BCUT2D eigenvalue weighted by Gasteiger charge is 2.34. The molecule has 0 bridgehead atoms. The van der Waals surface area contributed by atoms with Gasteiger partial charge in [0.1, 0.15) is 0 Å². The van der Waals surface area contributed by atoms with E-state index in [0.717, 1.165) is 12.1 Å². The molecule has 0 saturated heterocycles. The van der Waals surface area contributed by atoms with E-state index >= 15 is 0 Å². The van der Waals surface area contributed by atoms with Gasteiger partial charge in [0.25, 0.3) is 0 Å². The first kappa shape index (κ1) is 16.5. The summed E-state index contributed by atoms with van der Waals surface area (Å²) in [5.41, 5.74) is 4.24. The van der Waals surface area contributed by atoms with Crippen molar-refractivity contribution < 1.29 is 18.0 Å². The zero-order chi connectivity index (χ0) is 15.4. The van der Waals surface area contributed by atoms with E-state index < -0.39 is 17.2 Å². The number of halogens is 3. The summed E-state index contributed by atoms with van der Waals surface area (Å²) < 4.78 is 37.8. The molecule has 1 aromatic rings. The van der Waals surface area contributed by atoms with Crippen molar-refractivity contribution in [3.8, 4) is 0 Å². The third kappa shape index (κ3) is 3.50. The van der Waals surface area contributed by atoms with Crippen LogP contribution in [0, 0.1) is 5.41 Å². The molecule has 3 N–H and O–H groups in total. The van der Waals surface area contributed by atoms with Crippen molar-refractivity contribution in [1.29, 1.82) is 0 Å². The summed E-state index contributed by atoms with van der Waals surface area (Å²) in [5.74, 6) is -0.343. The Morgan fingerprint density at radius 2 is 1.85 bits per heavy atom. The molecule has 0 aliphatic heterocycles. The van der Waals surface area contributed by atoms with Crippen LogP contribution in [0.2, 0.25) is 0 Å². The van der Waals surface area contributed by atoms with E-state index in [2.05, 4.69) is 5.32 Å². The lowest BCUT2D eigenvalue weighted by Crippen LogP contribution is -2.41. The van der Waals surface area contributed by atoms with E-state index in [1.165, 1.54) is 12.1 Å². The number of benzene rings is 1. The lowest BCUT2D eigenvalue weighted by Gasteiger charge is -2.28. The number of nitrogens with one attached hydrogen (secondary N) is 1. The van der Waals surface area contributed by atoms with Crippen LogP contribution in [0.25, 0.3) is 0 Å². The summed E-state index contributed by atoms with van der Waals surface area (Å²) in [4.78, 5) is 12.2. The standard InChI is InChI=1S/C14H19F3N2O/c1-3-13(4-2,9-18)12(20)19-11-7-5-6-10(8-11)14(15,16)17/h5-8H,3-4,9,18H2,1-2H3,(H,19,20). The molecule has 0 unspecified atom stereocenters. The Labute approximate surface area is 116 Å². The molecule has 3 nitrogen and oxygen atoms in total. The number of carbonyl (C=O) groups excluding carboxylic acids is 1. The van der Waals surface area contributed by atoms with Crippen molar-refractivity contribution >= 4 is 11.6 Å². The molecule has 1 aromatic carbocycles. The molecule has 6 heteroatoms. The molecule has 0 heterocycles. The molecular formula is C14H19F3N2O. The maximum atomic E-state index is 12.6. The van der Waals surface area contributed by atoms with Crippen LogP contribution < -0.4 is 11.1 Å².